The van der Waals surface area contributed by atoms with Crippen LogP contribution in [0.25, 0.3) is 0 Å². The molecular weight excluding hydrogens is 314 g/mol. The molecule has 1 fully saturated rings. The maximum atomic E-state index is 5.92. The van der Waals surface area contributed by atoms with E-state index in [0.717, 1.165) is 29.8 Å². The molecule has 1 aliphatic rings. The van der Waals surface area contributed by atoms with E-state index in [1.54, 1.807) is 0 Å². The fraction of sp³-hybridized carbons (Fsp3) is 0.647. The largest absolute Gasteiger partial charge is 0.492 e. The van der Waals surface area contributed by atoms with E-state index in [0.29, 0.717) is 6.04 Å². The van der Waals surface area contributed by atoms with Gasteiger partial charge in [-0.25, -0.2) is 0 Å². The maximum absolute atomic E-state index is 5.92. The summed E-state index contributed by atoms with van der Waals surface area (Å²) in [4.78, 5) is 0. The van der Waals surface area contributed by atoms with Crippen LogP contribution in [0.15, 0.2) is 22.7 Å². The Morgan fingerprint density at radius 3 is 2.70 bits per heavy atom. The van der Waals surface area contributed by atoms with Crippen LogP contribution in [-0.4, -0.2) is 19.2 Å². The van der Waals surface area contributed by atoms with Crippen molar-refractivity contribution in [3.63, 3.8) is 0 Å². The topological polar surface area (TPSA) is 21.3 Å². The second-order valence-corrected chi connectivity index (χ2v) is 7.53. The highest BCUT2D eigenvalue weighted by Crippen LogP contribution is 2.31. The van der Waals surface area contributed by atoms with Crippen LogP contribution in [-0.2, 0) is 5.41 Å². The van der Waals surface area contributed by atoms with Crippen molar-refractivity contribution in [1.29, 1.82) is 0 Å². The van der Waals surface area contributed by atoms with Crippen molar-refractivity contribution in [2.24, 2.45) is 0 Å². The van der Waals surface area contributed by atoms with Gasteiger partial charge >= 0.3 is 0 Å². The van der Waals surface area contributed by atoms with Crippen molar-refractivity contribution in [3.05, 3.63) is 28.2 Å². The zero-order valence-corrected chi connectivity index (χ0v) is 14.4. The number of rotatable bonds is 4. The molecule has 0 radical (unpaired) electrons. The first-order valence-electron chi connectivity index (χ1n) is 7.63. The molecule has 1 aromatic rings. The number of benzene rings is 1. The average molecular weight is 340 g/mol. The van der Waals surface area contributed by atoms with Crippen LogP contribution in [0.2, 0.25) is 0 Å². The lowest BCUT2D eigenvalue weighted by atomic mass is 9.87. The van der Waals surface area contributed by atoms with E-state index < -0.39 is 0 Å². The summed E-state index contributed by atoms with van der Waals surface area (Å²) in [6, 6.07) is 7.06. The zero-order chi connectivity index (χ0) is 14.6. The van der Waals surface area contributed by atoms with Gasteiger partial charge in [0.05, 0.1) is 11.1 Å². The zero-order valence-electron chi connectivity index (χ0n) is 12.8. The van der Waals surface area contributed by atoms with Gasteiger partial charge in [-0.3, -0.25) is 0 Å². The summed E-state index contributed by atoms with van der Waals surface area (Å²) in [6.07, 6.45) is 5.04. The first-order chi connectivity index (χ1) is 9.47. The van der Waals surface area contributed by atoms with E-state index in [1.165, 1.54) is 24.8 Å². The SMILES string of the molecule is CC(C)(C)c1ccc(OCCC2CCCCN2)c(Br)c1. The molecule has 2 nitrogen and oxygen atoms in total. The third-order valence-corrected chi connectivity index (χ3v) is 4.55. The van der Waals surface area contributed by atoms with Gasteiger partial charge in [0.2, 0.25) is 0 Å². The summed E-state index contributed by atoms with van der Waals surface area (Å²) in [7, 11) is 0. The Morgan fingerprint density at radius 2 is 2.10 bits per heavy atom. The van der Waals surface area contributed by atoms with E-state index >= 15 is 0 Å². The highest BCUT2D eigenvalue weighted by Gasteiger charge is 2.16. The lowest BCUT2D eigenvalue weighted by Gasteiger charge is -2.24. The molecule has 2 rings (SSSR count). The Kier molecular flexibility index (Phi) is 5.50. The Hall–Kier alpha value is -0.540. The molecule has 1 heterocycles. The first-order valence-corrected chi connectivity index (χ1v) is 8.42. The summed E-state index contributed by atoms with van der Waals surface area (Å²) in [6.45, 7) is 8.62. The van der Waals surface area contributed by atoms with E-state index in [-0.39, 0.29) is 5.41 Å². The van der Waals surface area contributed by atoms with Crippen molar-refractivity contribution in [3.8, 4) is 5.75 Å². The highest BCUT2D eigenvalue weighted by atomic mass is 79.9. The molecule has 1 saturated heterocycles. The molecular formula is C17H26BrNO. The Bertz CT molecular complexity index is 433. The van der Waals surface area contributed by atoms with Crippen molar-refractivity contribution in [2.75, 3.05) is 13.2 Å². The monoisotopic (exact) mass is 339 g/mol. The van der Waals surface area contributed by atoms with Crippen LogP contribution in [0, 0.1) is 0 Å². The third kappa shape index (κ3) is 4.49. The molecule has 1 atom stereocenters. The smallest absolute Gasteiger partial charge is 0.133 e. The van der Waals surface area contributed by atoms with Gasteiger partial charge in [0.1, 0.15) is 5.75 Å². The minimum absolute atomic E-state index is 0.174. The number of ether oxygens (including phenoxy) is 1. The van der Waals surface area contributed by atoms with Gasteiger partial charge in [0, 0.05) is 6.04 Å². The summed E-state index contributed by atoms with van der Waals surface area (Å²) in [5, 5.41) is 3.56. The van der Waals surface area contributed by atoms with Crippen molar-refractivity contribution in [1.82, 2.24) is 5.32 Å². The Balaban J connectivity index is 1.86. The van der Waals surface area contributed by atoms with E-state index in [2.05, 4.69) is 60.2 Å². The van der Waals surface area contributed by atoms with Crippen molar-refractivity contribution in [2.45, 2.75) is 57.9 Å². The molecule has 3 heteroatoms. The number of halogens is 1. The Morgan fingerprint density at radius 1 is 1.30 bits per heavy atom. The third-order valence-electron chi connectivity index (χ3n) is 3.93. The fourth-order valence-corrected chi connectivity index (χ4v) is 3.06. The van der Waals surface area contributed by atoms with Crippen LogP contribution < -0.4 is 10.1 Å². The maximum Gasteiger partial charge on any atom is 0.133 e. The van der Waals surface area contributed by atoms with Crippen LogP contribution in [0.3, 0.4) is 0 Å². The molecule has 0 amide bonds. The molecule has 112 valence electrons. The summed E-state index contributed by atoms with van der Waals surface area (Å²) < 4.78 is 6.98. The molecule has 1 aliphatic heterocycles. The number of hydrogen-bond donors (Lipinski definition) is 1. The molecule has 0 aromatic heterocycles. The minimum atomic E-state index is 0.174. The van der Waals surface area contributed by atoms with E-state index in [4.69, 9.17) is 4.74 Å². The van der Waals surface area contributed by atoms with E-state index in [9.17, 15) is 0 Å². The predicted molar refractivity (Wildman–Crippen MR) is 88.6 cm³/mol. The lowest BCUT2D eigenvalue weighted by Crippen LogP contribution is -2.35. The fourth-order valence-electron chi connectivity index (χ4n) is 2.57. The van der Waals surface area contributed by atoms with Gasteiger partial charge < -0.3 is 10.1 Å². The Labute approximate surface area is 131 Å². The van der Waals surface area contributed by atoms with Gasteiger partial charge in [0.25, 0.3) is 0 Å². The molecule has 1 aromatic carbocycles. The van der Waals surface area contributed by atoms with Crippen LogP contribution in [0.5, 0.6) is 5.75 Å². The highest BCUT2D eigenvalue weighted by molar-refractivity contribution is 9.10. The van der Waals surface area contributed by atoms with Gasteiger partial charge in [-0.1, -0.05) is 33.3 Å². The quantitative estimate of drug-likeness (QED) is 0.861. The predicted octanol–water partition coefficient (Wildman–Crippen LogP) is 4.66. The molecule has 0 saturated carbocycles. The second kappa shape index (κ2) is 6.95. The molecule has 20 heavy (non-hydrogen) atoms. The molecule has 0 bridgehead atoms. The van der Waals surface area contributed by atoms with E-state index in [1.807, 2.05) is 0 Å². The molecule has 0 spiro atoms. The number of hydrogen-bond acceptors (Lipinski definition) is 2. The normalized spacial score (nSPS) is 19.9. The van der Waals surface area contributed by atoms with Gasteiger partial charge in [-0.2, -0.15) is 0 Å². The summed E-state index contributed by atoms with van der Waals surface area (Å²) >= 11 is 3.63. The standard InChI is InChI=1S/C17H26BrNO/c1-17(2,3)13-7-8-16(15(18)12-13)20-11-9-14-6-4-5-10-19-14/h7-8,12,14,19H,4-6,9-11H2,1-3H3. The van der Waals surface area contributed by atoms with Gasteiger partial charge in [0.15, 0.2) is 0 Å². The molecule has 0 aliphatic carbocycles. The van der Waals surface area contributed by atoms with Crippen LogP contribution in [0.4, 0.5) is 0 Å². The van der Waals surface area contributed by atoms with Crippen LogP contribution in [0.1, 0.15) is 52.0 Å². The minimum Gasteiger partial charge on any atom is -0.492 e. The molecule has 1 N–H and O–H groups in total. The van der Waals surface area contributed by atoms with Gasteiger partial charge in [-0.15, -0.1) is 0 Å². The first kappa shape index (κ1) is 15.8. The number of piperidine rings is 1. The lowest BCUT2D eigenvalue weighted by molar-refractivity contribution is 0.267. The van der Waals surface area contributed by atoms with Crippen LogP contribution >= 0.6 is 15.9 Å². The average Bonchev–Trinajstić information content (AvgIpc) is 2.40. The van der Waals surface area contributed by atoms with Crippen molar-refractivity contribution < 1.29 is 4.74 Å². The molecule has 1 unspecified atom stereocenters. The second-order valence-electron chi connectivity index (χ2n) is 6.68. The van der Waals surface area contributed by atoms with Crippen molar-refractivity contribution >= 4 is 15.9 Å². The summed E-state index contributed by atoms with van der Waals surface area (Å²) in [5.41, 5.74) is 1.50. The number of nitrogens with one attached hydrogen (secondary N) is 1. The van der Waals surface area contributed by atoms with Gasteiger partial charge in [-0.05, 0) is 64.8 Å². The summed E-state index contributed by atoms with van der Waals surface area (Å²) in [5.74, 6) is 0.953.